The van der Waals surface area contributed by atoms with Gasteiger partial charge in [0.2, 0.25) is 0 Å². The fourth-order valence-electron chi connectivity index (χ4n) is 2.71. The van der Waals surface area contributed by atoms with Crippen molar-refractivity contribution in [3.63, 3.8) is 0 Å². The predicted molar refractivity (Wildman–Crippen MR) is 127 cm³/mol. The molecule has 33 heavy (non-hydrogen) atoms. The van der Waals surface area contributed by atoms with Crippen molar-refractivity contribution in [1.29, 1.82) is 5.41 Å². The number of nitrogens with zero attached hydrogens (tertiary/aromatic N) is 2. The number of amides is 1. The molecule has 7 N–H and O–H groups in total. The molecule has 1 aromatic heterocycles. The van der Waals surface area contributed by atoms with Gasteiger partial charge in [0.05, 0.1) is 19.8 Å². The van der Waals surface area contributed by atoms with E-state index in [0.717, 1.165) is 25.0 Å². The maximum Gasteiger partial charge on any atom is 0.280 e. The van der Waals surface area contributed by atoms with Crippen LogP contribution in [0.15, 0.2) is 24.3 Å². The molecule has 0 unspecified atom stereocenters. The number of unbranched alkanes of at least 4 members (excludes halogenated alkanes) is 1. The van der Waals surface area contributed by atoms with Gasteiger partial charge in [-0.25, -0.2) is 9.97 Å². The molecule has 12 heteroatoms. The molecule has 0 radical (unpaired) electrons. The number of aryl methyl sites for hydroxylation is 1. The lowest BCUT2D eigenvalue weighted by atomic mass is 10.1. The molecule has 0 atom stereocenters. The molecule has 2 rings (SSSR count). The number of aromatic nitrogens is 2. The standard InChI is InChI=1S/C21H30ClN7O4/c1-31-10-11-32-12-13-33-15-7-5-14(6-8-15)4-2-3-9-26-21(25)29-20(30)16-18(23)28-19(24)17(22)27-16/h5-8H,2-4,9-13H2,1H3,(H4,23,24,28)(H3,25,26,29,30). The highest BCUT2D eigenvalue weighted by atomic mass is 35.5. The number of nitrogens with one attached hydrogen (secondary N) is 3. The van der Waals surface area contributed by atoms with Gasteiger partial charge in [-0.1, -0.05) is 23.7 Å². The number of carbonyl (C=O) groups is 1. The number of hydrogen-bond donors (Lipinski definition) is 5. The maximum atomic E-state index is 12.2. The number of halogens is 1. The number of carbonyl (C=O) groups excluding carboxylic acids is 1. The number of nitrogens with two attached hydrogens (primary N) is 2. The lowest BCUT2D eigenvalue weighted by Crippen LogP contribution is -2.41. The number of ether oxygens (including phenoxy) is 3. The first kappa shape index (κ1) is 26.1. The van der Waals surface area contributed by atoms with Crippen molar-refractivity contribution in [2.45, 2.75) is 19.3 Å². The Morgan fingerprint density at radius 3 is 2.52 bits per heavy atom. The second-order valence-corrected chi connectivity index (χ2v) is 7.30. The molecule has 0 spiro atoms. The van der Waals surface area contributed by atoms with Crippen LogP contribution in [0.4, 0.5) is 11.6 Å². The summed E-state index contributed by atoms with van der Waals surface area (Å²) in [7, 11) is 1.64. The molecule has 2 aromatic rings. The minimum absolute atomic E-state index is 0.0654. The molecule has 1 aromatic carbocycles. The van der Waals surface area contributed by atoms with Crippen molar-refractivity contribution >= 4 is 35.1 Å². The Labute approximate surface area is 197 Å². The number of benzene rings is 1. The third-order valence-corrected chi connectivity index (χ3v) is 4.68. The molecular weight excluding hydrogens is 450 g/mol. The van der Waals surface area contributed by atoms with Gasteiger partial charge in [-0.05, 0) is 37.0 Å². The SMILES string of the molecule is COCCOCCOc1ccc(CCCCNC(=N)NC(=O)c2nc(Cl)c(N)nc2N)cc1. The van der Waals surface area contributed by atoms with Crippen LogP contribution in [-0.2, 0) is 15.9 Å². The number of hydrogen-bond acceptors (Lipinski definition) is 9. The summed E-state index contributed by atoms with van der Waals surface area (Å²) in [5.74, 6) is -0.281. The summed E-state index contributed by atoms with van der Waals surface area (Å²) < 4.78 is 15.9. The Balaban J connectivity index is 1.60. The molecular formula is C21H30ClN7O4. The summed E-state index contributed by atoms with van der Waals surface area (Å²) in [6.45, 7) is 2.65. The van der Waals surface area contributed by atoms with E-state index in [0.29, 0.717) is 33.0 Å². The average Bonchev–Trinajstić information content (AvgIpc) is 2.79. The van der Waals surface area contributed by atoms with Gasteiger partial charge in [-0.3, -0.25) is 15.5 Å². The first-order valence-corrected chi connectivity index (χ1v) is 10.8. The van der Waals surface area contributed by atoms with Crippen molar-refractivity contribution in [1.82, 2.24) is 20.6 Å². The van der Waals surface area contributed by atoms with Crippen LogP contribution in [0.2, 0.25) is 5.15 Å². The summed E-state index contributed by atoms with van der Waals surface area (Å²) in [5.41, 5.74) is 12.1. The Morgan fingerprint density at radius 1 is 1.06 bits per heavy atom. The van der Waals surface area contributed by atoms with E-state index < -0.39 is 5.91 Å². The van der Waals surface area contributed by atoms with Gasteiger partial charge in [0.25, 0.3) is 5.91 Å². The fraction of sp³-hybridized carbons (Fsp3) is 0.429. The van der Waals surface area contributed by atoms with Crippen LogP contribution in [0.1, 0.15) is 28.9 Å². The van der Waals surface area contributed by atoms with Gasteiger partial charge < -0.3 is 31.0 Å². The van der Waals surface area contributed by atoms with Gasteiger partial charge in [-0.15, -0.1) is 0 Å². The number of rotatable bonds is 13. The van der Waals surface area contributed by atoms with E-state index in [2.05, 4.69) is 20.6 Å². The molecule has 0 bridgehead atoms. The zero-order chi connectivity index (χ0) is 24.1. The molecule has 1 amide bonds. The summed E-state index contributed by atoms with van der Waals surface area (Å²) in [6.07, 6.45) is 2.61. The minimum Gasteiger partial charge on any atom is -0.491 e. The van der Waals surface area contributed by atoms with Gasteiger partial charge >= 0.3 is 0 Å². The predicted octanol–water partition coefficient (Wildman–Crippen LogP) is 1.61. The van der Waals surface area contributed by atoms with Crippen LogP contribution in [-0.4, -0.2) is 61.9 Å². The van der Waals surface area contributed by atoms with E-state index in [9.17, 15) is 4.79 Å². The van der Waals surface area contributed by atoms with Crippen LogP contribution in [0.5, 0.6) is 5.75 Å². The largest absolute Gasteiger partial charge is 0.491 e. The molecule has 11 nitrogen and oxygen atoms in total. The van der Waals surface area contributed by atoms with Crippen LogP contribution in [0.25, 0.3) is 0 Å². The summed E-state index contributed by atoms with van der Waals surface area (Å²) >= 11 is 5.77. The fourth-order valence-corrected chi connectivity index (χ4v) is 2.83. The van der Waals surface area contributed by atoms with E-state index in [1.807, 2.05) is 24.3 Å². The quantitative estimate of drug-likeness (QED) is 0.162. The molecule has 0 aliphatic carbocycles. The Kier molecular flexibility index (Phi) is 11.1. The monoisotopic (exact) mass is 479 g/mol. The van der Waals surface area contributed by atoms with Crippen LogP contribution in [0, 0.1) is 5.41 Å². The van der Waals surface area contributed by atoms with E-state index in [1.54, 1.807) is 7.11 Å². The summed E-state index contributed by atoms with van der Waals surface area (Å²) in [4.78, 5) is 19.7. The average molecular weight is 480 g/mol. The zero-order valence-corrected chi connectivity index (χ0v) is 19.3. The minimum atomic E-state index is -0.691. The van der Waals surface area contributed by atoms with Crippen molar-refractivity contribution in [2.75, 3.05) is 51.5 Å². The maximum absolute atomic E-state index is 12.2. The Hall–Kier alpha value is -3.15. The third kappa shape index (κ3) is 9.48. The van der Waals surface area contributed by atoms with E-state index >= 15 is 0 Å². The highest BCUT2D eigenvalue weighted by Crippen LogP contribution is 2.17. The summed E-state index contributed by atoms with van der Waals surface area (Å²) in [5, 5.41) is 12.9. The molecule has 180 valence electrons. The van der Waals surface area contributed by atoms with Crippen molar-refractivity contribution in [3.8, 4) is 5.75 Å². The summed E-state index contributed by atoms with van der Waals surface area (Å²) in [6, 6.07) is 7.93. The normalized spacial score (nSPS) is 10.6. The van der Waals surface area contributed by atoms with Gasteiger partial charge in [-0.2, -0.15) is 0 Å². The van der Waals surface area contributed by atoms with Crippen LogP contribution >= 0.6 is 11.6 Å². The third-order valence-electron chi connectivity index (χ3n) is 4.40. The topological polar surface area (TPSA) is 170 Å². The lowest BCUT2D eigenvalue weighted by Gasteiger charge is -2.10. The second-order valence-electron chi connectivity index (χ2n) is 6.94. The van der Waals surface area contributed by atoms with Gasteiger partial charge in [0.15, 0.2) is 28.4 Å². The molecule has 0 saturated carbocycles. The number of anilines is 2. The zero-order valence-electron chi connectivity index (χ0n) is 18.5. The van der Waals surface area contributed by atoms with Gasteiger partial charge in [0.1, 0.15) is 12.4 Å². The number of guanidine groups is 1. The van der Waals surface area contributed by atoms with Gasteiger partial charge in [0, 0.05) is 13.7 Å². The highest BCUT2D eigenvalue weighted by Gasteiger charge is 2.16. The van der Waals surface area contributed by atoms with Crippen LogP contribution < -0.4 is 26.8 Å². The van der Waals surface area contributed by atoms with E-state index in [4.69, 9.17) is 42.7 Å². The van der Waals surface area contributed by atoms with E-state index in [1.165, 1.54) is 5.56 Å². The van der Waals surface area contributed by atoms with Crippen molar-refractivity contribution < 1.29 is 19.0 Å². The van der Waals surface area contributed by atoms with Crippen molar-refractivity contribution in [3.05, 3.63) is 40.7 Å². The van der Waals surface area contributed by atoms with Crippen molar-refractivity contribution in [2.24, 2.45) is 0 Å². The van der Waals surface area contributed by atoms with E-state index in [-0.39, 0.29) is 28.4 Å². The van der Waals surface area contributed by atoms with Crippen LogP contribution in [0.3, 0.4) is 0 Å². The first-order chi connectivity index (χ1) is 15.9. The number of nitrogen functional groups attached to an aromatic ring is 2. The molecule has 0 aliphatic heterocycles. The molecule has 1 heterocycles. The molecule has 0 fully saturated rings. The molecule has 0 saturated heterocycles. The lowest BCUT2D eigenvalue weighted by molar-refractivity contribution is 0.0544. The number of methoxy groups -OCH3 is 1. The second kappa shape index (κ2) is 14.1. The molecule has 0 aliphatic rings. The highest BCUT2D eigenvalue weighted by molar-refractivity contribution is 6.31. The Bertz CT molecular complexity index is 912. The first-order valence-electron chi connectivity index (χ1n) is 10.4. The Morgan fingerprint density at radius 2 is 1.79 bits per heavy atom. The smallest absolute Gasteiger partial charge is 0.280 e.